The number of nitrogens with zero attached hydrogens (tertiary/aromatic N) is 1. The summed E-state index contributed by atoms with van der Waals surface area (Å²) in [6.07, 6.45) is 2.36. The Bertz CT molecular complexity index is 209. The highest BCUT2D eigenvalue weighted by Gasteiger charge is 2.28. The smallest absolute Gasteiger partial charge is 0.320 e. The van der Waals surface area contributed by atoms with Crippen LogP contribution in [0, 0.1) is 5.92 Å². The van der Waals surface area contributed by atoms with Gasteiger partial charge in [0.15, 0.2) is 0 Å². The van der Waals surface area contributed by atoms with Crippen molar-refractivity contribution in [2.24, 2.45) is 11.7 Å². The number of piperidine rings is 1. The van der Waals surface area contributed by atoms with Crippen molar-refractivity contribution in [2.75, 3.05) is 26.2 Å². The summed E-state index contributed by atoms with van der Waals surface area (Å²) in [7, 11) is 0. The molecular formula is C11H22N2O2. The van der Waals surface area contributed by atoms with Crippen molar-refractivity contribution in [1.29, 1.82) is 0 Å². The van der Waals surface area contributed by atoms with Crippen LogP contribution in [-0.2, 0) is 9.53 Å². The molecule has 2 unspecified atom stereocenters. The Balaban J connectivity index is 2.47. The van der Waals surface area contributed by atoms with Crippen LogP contribution in [0.4, 0.5) is 0 Å². The van der Waals surface area contributed by atoms with Gasteiger partial charge in [-0.1, -0.05) is 6.92 Å². The van der Waals surface area contributed by atoms with Crippen molar-refractivity contribution >= 4 is 5.97 Å². The predicted molar refractivity (Wildman–Crippen MR) is 59.4 cm³/mol. The molecule has 1 saturated heterocycles. The molecule has 2 N–H and O–H groups in total. The minimum Gasteiger partial charge on any atom is -0.465 e. The second kappa shape index (κ2) is 6.08. The van der Waals surface area contributed by atoms with E-state index in [1.54, 1.807) is 0 Å². The van der Waals surface area contributed by atoms with Gasteiger partial charge >= 0.3 is 5.97 Å². The van der Waals surface area contributed by atoms with Gasteiger partial charge in [0, 0.05) is 12.6 Å². The Hall–Kier alpha value is -0.610. The lowest BCUT2D eigenvalue weighted by Gasteiger charge is -2.38. The van der Waals surface area contributed by atoms with Gasteiger partial charge < -0.3 is 10.5 Å². The number of ether oxygens (including phenoxy) is 1. The number of rotatable bonds is 4. The number of carbonyl (C=O) groups is 1. The van der Waals surface area contributed by atoms with Crippen LogP contribution >= 0.6 is 0 Å². The number of carbonyl (C=O) groups excluding carboxylic acids is 1. The monoisotopic (exact) mass is 214 g/mol. The first-order valence-corrected chi connectivity index (χ1v) is 5.78. The molecular weight excluding hydrogens is 192 g/mol. The van der Waals surface area contributed by atoms with E-state index in [0.29, 0.717) is 31.7 Å². The van der Waals surface area contributed by atoms with Crippen LogP contribution < -0.4 is 5.73 Å². The summed E-state index contributed by atoms with van der Waals surface area (Å²) >= 11 is 0. The van der Waals surface area contributed by atoms with Gasteiger partial charge in [0.1, 0.15) is 0 Å². The van der Waals surface area contributed by atoms with Gasteiger partial charge in [-0.25, -0.2) is 0 Å². The van der Waals surface area contributed by atoms with Gasteiger partial charge in [-0.05, 0) is 32.2 Å². The minimum atomic E-state index is -0.134. The third-order valence-corrected chi connectivity index (χ3v) is 3.11. The fourth-order valence-corrected chi connectivity index (χ4v) is 2.28. The number of hydrogen-bond acceptors (Lipinski definition) is 4. The highest BCUT2D eigenvalue weighted by Crippen LogP contribution is 2.22. The number of esters is 1. The number of nitrogens with two attached hydrogens (primary N) is 1. The number of likely N-dealkylation sites (tertiary alicyclic amines) is 1. The highest BCUT2D eigenvalue weighted by atomic mass is 16.5. The van der Waals surface area contributed by atoms with Gasteiger partial charge in [-0.3, -0.25) is 9.69 Å². The Morgan fingerprint density at radius 1 is 1.60 bits per heavy atom. The average molecular weight is 214 g/mol. The standard InChI is InChI=1S/C11H22N2O2/c1-3-15-11(14)8-13-6-4-5-9(2)10(13)7-12/h9-10H,3-8,12H2,1-2H3. The molecule has 0 radical (unpaired) electrons. The first-order valence-electron chi connectivity index (χ1n) is 5.78. The van der Waals surface area contributed by atoms with Crippen LogP contribution in [0.2, 0.25) is 0 Å². The Labute approximate surface area is 91.8 Å². The van der Waals surface area contributed by atoms with E-state index in [4.69, 9.17) is 10.5 Å². The molecule has 0 amide bonds. The molecule has 1 heterocycles. The second-order valence-corrected chi connectivity index (χ2v) is 4.20. The second-order valence-electron chi connectivity index (χ2n) is 4.20. The van der Waals surface area contributed by atoms with Gasteiger partial charge in [-0.15, -0.1) is 0 Å². The molecule has 0 aromatic rings. The van der Waals surface area contributed by atoms with Crippen LogP contribution in [0.1, 0.15) is 26.7 Å². The van der Waals surface area contributed by atoms with Crippen molar-refractivity contribution in [2.45, 2.75) is 32.7 Å². The molecule has 0 saturated carbocycles. The van der Waals surface area contributed by atoms with E-state index in [2.05, 4.69) is 11.8 Å². The van der Waals surface area contributed by atoms with E-state index in [9.17, 15) is 4.79 Å². The summed E-state index contributed by atoms with van der Waals surface area (Å²) in [6, 6.07) is 0.336. The van der Waals surface area contributed by atoms with Crippen molar-refractivity contribution < 1.29 is 9.53 Å². The number of hydrogen-bond donors (Lipinski definition) is 1. The summed E-state index contributed by atoms with van der Waals surface area (Å²) in [6.45, 7) is 6.47. The molecule has 0 spiro atoms. The molecule has 4 heteroatoms. The zero-order valence-corrected chi connectivity index (χ0v) is 9.74. The molecule has 1 aliphatic heterocycles. The zero-order chi connectivity index (χ0) is 11.3. The van der Waals surface area contributed by atoms with E-state index in [1.165, 1.54) is 6.42 Å². The highest BCUT2D eigenvalue weighted by molar-refractivity contribution is 5.71. The third-order valence-electron chi connectivity index (χ3n) is 3.11. The Kier molecular flexibility index (Phi) is 5.05. The van der Waals surface area contributed by atoms with Gasteiger partial charge in [0.2, 0.25) is 0 Å². The lowest BCUT2D eigenvalue weighted by molar-refractivity contribution is -0.145. The van der Waals surface area contributed by atoms with E-state index in [-0.39, 0.29) is 5.97 Å². The third kappa shape index (κ3) is 3.47. The lowest BCUT2D eigenvalue weighted by atomic mass is 9.91. The van der Waals surface area contributed by atoms with Crippen LogP contribution in [0.25, 0.3) is 0 Å². The molecule has 4 nitrogen and oxygen atoms in total. The van der Waals surface area contributed by atoms with E-state index in [1.807, 2.05) is 6.92 Å². The normalized spacial score (nSPS) is 27.7. The van der Waals surface area contributed by atoms with E-state index in [0.717, 1.165) is 13.0 Å². The quantitative estimate of drug-likeness (QED) is 0.697. The van der Waals surface area contributed by atoms with Crippen molar-refractivity contribution in [3.8, 4) is 0 Å². The van der Waals surface area contributed by atoms with Crippen LogP contribution in [0.5, 0.6) is 0 Å². The maximum atomic E-state index is 11.4. The fraction of sp³-hybridized carbons (Fsp3) is 0.909. The zero-order valence-electron chi connectivity index (χ0n) is 9.74. The van der Waals surface area contributed by atoms with Crippen molar-refractivity contribution in [3.05, 3.63) is 0 Å². The molecule has 1 fully saturated rings. The molecule has 1 aliphatic rings. The lowest BCUT2D eigenvalue weighted by Crippen LogP contribution is -2.50. The summed E-state index contributed by atoms with van der Waals surface area (Å²) in [5.41, 5.74) is 5.74. The topological polar surface area (TPSA) is 55.6 Å². The summed E-state index contributed by atoms with van der Waals surface area (Å²) in [4.78, 5) is 13.5. The van der Waals surface area contributed by atoms with Crippen LogP contribution in [0.3, 0.4) is 0 Å². The molecule has 0 bridgehead atoms. The maximum Gasteiger partial charge on any atom is 0.320 e. The molecule has 0 aliphatic carbocycles. The molecule has 2 atom stereocenters. The van der Waals surface area contributed by atoms with Gasteiger partial charge in [-0.2, -0.15) is 0 Å². The Morgan fingerprint density at radius 3 is 2.93 bits per heavy atom. The van der Waals surface area contributed by atoms with Gasteiger partial charge in [0.25, 0.3) is 0 Å². The minimum absolute atomic E-state index is 0.134. The molecule has 88 valence electrons. The molecule has 1 rings (SSSR count). The SMILES string of the molecule is CCOC(=O)CN1CCCC(C)C1CN. The summed E-state index contributed by atoms with van der Waals surface area (Å²) in [5.74, 6) is 0.447. The largest absolute Gasteiger partial charge is 0.465 e. The van der Waals surface area contributed by atoms with Crippen molar-refractivity contribution in [1.82, 2.24) is 4.90 Å². The summed E-state index contributed by atoms with van der Waals surface area (Å²) in [5, 5.41) is 0. The maximum absolute atomic E-state index is 11.4. The van der Waals surface area contributed by atoms with Crippen molar-refractivity contribution in [3.63, 3.8) is 0 Å². The average Bonchev–Trinajstić information content (AvgIpc) is 2.18. The van der Waals surface area contributed by atoms with E-state index < -0.39 is 0 Å². The van der Waals surface area contributed by atoms with E-state index >= 15 is 0 Å². The van der Waals surface area contributed by atoms with Crippen LogP contribution in [-0.4, -0.2) is 43.2 Å². The molecule has 0 aromatic heterocycles. The first-order chi connectivity index (χ1) is 7.19. The summed E-state index contributed by atoms with van der Waals surface area (Å²) < 4.78 is 4.95. The molecule has 0 aromatic carbocycles. The molecule has 15 heavy (non-hydrogen) atoms. The fourth-order valence-electron chi connectivity index (χ4n) is 2.28. The Morgan fingerprint density at radius 2 is 2.33 bits per heavy atom. The first kappa shape index (κ1) is 12.5. The predicted octanol–water partition coefficient (Wildman–Crippen LogP) is 0.609. The van der Waals surface area contributed by atoms with Crippen LogP contribution in [0.15, 0.2) is 0 Å². The van der Waals surface area contributed by atoms with Gasteiger partial charge in [0.05, 0.1) is 13.2 Å².